The van der Waals surface area contributed by atoms with Crippen LogP contribution in [0.15, 0.2) is 11.3 Å². The van der Waals surface area contributed by atoms with Crippen LogP contribution >= 0.6 is 24.0 Å². The lowest BCUT2D eigenvalue weighted by molar-refractivity contribution is 0.191. The normalized spacial score (nSPS) is 26.8. The molecule has 3 unspecified atom stereocenters. The summed E-state index contributed by atoms with van der Waals surface area (Å²) in [6.45, 7) is 10.8. The first kappa shape index (κ1) is 24.7. The second-order valence-electron chi connectivity index (χ2n) is 9.75. The summed E-state index contributed by atoms with van der Waals surface area (Å²) in [6, 6.07) is 0.611. The summed E-state index contributed by atoms with van der Waals surface area (Å²) in [7, 11) is 0. The predicted octanol–water partition coefficient (Wildman–Crippen LogP) is 3.30. The quantitative estimate of drug-likeness (QED) is 0.217. The van der Waals surface area contributed by atoms with Gasteiger partial charge in [0.05, 0.1) is 0 Å². The minimum absolute atomic E-state index is 0. The topological polar surface area (TPSA) is 70.4 Å². The summed E-state index contributed by atoms with van der Waals surface area (Å²) in [6.07, 6.45) is 12.2. The Balaban J connectivity index is 0.00000272. The number of hydrogen-bond acceptors (Lipinski definition) is 4. The third kappa shape index (κ3) is 7.04. The highest BCUT2D eigenvalue weighted by Crippen LogP contribution is 2.44. The van der Waals surface area contributed by atoms with Crippen LogP contribution < -0.4 is 10.6 Å². The maximum atomic E-state index is 4.96. The zero-order valence-electron chi connectivity index (χ0n) is 19.4. The zero-order chi connectivity index (χ0) is 20.8. The summed E-state index contributed by atoms with van der Waals surface area (Å²) in [5, 5.41) is 15.6. The number of piperidine rings is 1. The maximum Gasteiger partial charge on any atom is 0.191 e. The van der Waals surface area contributed by atoms with Crippen LogP contribution in [0, 0.1) is 17.8 Å². The van der Waals surface area contributed by atoms with E-state index in [0.29, 0.717) is 6.04 Å². The van der Waals surface area contributed by atoms with Crippen LogP contribution in [0.25, 0.3) is 0 Å². The van der Waals surface area contributed by atoms with Crippen molar-refractivity contribution >= 4 is 29.9 Å². The van der Waals surface area contributed by atoms with Gasteiger partial charge in [-0.25, -0.2) is 0 Å². The first-order valence-corrected chi connectivity index (χ1v) is 12.3. The molecule has 1 aromatic rings. The summed E-state index contributed by atoms with van der Waals surface area (Å²) in [4.78, 5) is 7.57. The van der Waals surface area contributed by atoms with Crippen LogP contribution in [0.4, 0.5) is 0 Å². The van der Waals surface area contributed by atoms with Crippen molar-refractivity contribution in [3.05, 3.63) is 12.2 Å². The summed E-state index contributed by atoms with van der Waals surface area (Å²) in [5.41, 5.74) is 0. The van der Waals surface area contributed by atoms with Crippen LogP contribution in [0.1, 0.15) is 64.6 Å². The van der Waals surface area contributed by atoms with Gasteiger partial charge in [-0.2, -0.15) is 0 Å². The van der Waals surface area contributed by atoms with Gasteiger partial charge in [0.25, 0.3) is 0 Å². The zero-order valence-corrected chi connectivity index (χ0v) is 21.8. The van der Waals surface area contributed by atoms with Crippen LogP contribution in [-0.2, 0) is 13.0 Å². The van der Waals surface area contributed by atoms with E-state index in [2.05, 4.69) is 44.1 Å². The van der Waals surface area contributed by atoms with Crippen LogP contribution in [0.3, 0.4) is 0 Å². The molecular formula is C23H42IN7. The van der Waals surface area contributed by atoms with E-state index in [1.54, 1.807) is 0 Å². The van der Waals surface area contributed by atoms with Crippen molar-refractivity contribution in [1.82, 2.24) is 30.3 Å². The number of nitrogens with zero attached hydrogens (tertiary/aromatic N) is 5. The van der Waals surface area contributed by atoms with Crippen LogP contribution in [0.2, 0.25) is 0 Å². The van der Waals surface area contributed by atoms with E-state index in [0.717, 1.165) is 62.0 Å². The van der Waals surface area contributed by atoms with E-state index in [-0.39, 0.29) is 24.0 Å². The molecule has 7 nitrogen and oxygen atoms in total. The third-order valence-corrected chi connectivity index (χ3v) is 7.50. The fraction of sp³-hybridized carbons (Fsp3) is 0.870. The van der Waals surface area contributed by atoms with Crippen molar-refractivity contribution in [2.75, 3.05) is 32.7 Å². The number of hydrogen-bond donors (Lipinski definition) is 2. The Hall–Kier alpha value is -0.900. The Labute approximate surface area is 205 Å². The number of halogens is 1. The first-order chi connectivity index (χ1) is 14.7. The molecule has 0 aromatic carbocycles. The molecule has 4 rings (SSSR count). The Kier molecular flexibility index (Phi) is 9.87. The number of likely N-dealkylation sites (tertiary alicyclic amines) is 1. The fourth-order valence-corrected chi connectivity index (χ4v) is 5.55. The molecule has 2 saturated carbocycles. The molecule has 1 aromatic heterocycles. The molecule has 3 aliphatic rings. The molecule has 31 heavy (non-hydrogen) atoms. The Morgan fingerprint density at radius 3 is 2.71 bits per heavy atom. The highest BCUT2D eigenvalue weighted by molar-refractivity contribution is 14.0. The molecule has 2 aliphatic carbocycles. The van der Waals surface area contributed by atoms with Gasteiger partial charge in [-0.15, -0.1) is 34.2 Å². The SMILES string of the molecule is CCc1nncn1CCNC(=NCCCN1CCC(C)CC1)NC1CC2CCC1C2.I. The lowest BCUT2D eigenvalue weighted by Gasteiger charge is -2.30. The van der Waals surface area contributed by atoms with Gasteiger partial charge >= 0.3 is 0 Å². The van der Waals surface area contributed by atoms with E-state index in [4.69, 9.17) is 4.99 Å². The first-order valence-electron chi connectivity index (χ1n) is 12.3. The molecule has 2 heterocycles. The summed E-state index contributed by atoms with van der Waals surface area (Å²) < 4.78 is 2.14. The average molecular weight is 544 g/mol. The Morgan fingerprint density at radius 2 is 2.00 bits per heavy atom. The minimum atomic E-state index is 0. The number of aliphatic imine (C=N–C) groups is 1. The van der Waals surface area contributed by atoms with Crippen LogP contribution in [-0.4, -0.2) is 64.4 Å². The molecule has 0 amide bonds. The molecule has 2 bridgehead atoms. The Bertz CT molecular complexity index is 683. The highest BCUT2D eigenvalue weighted by atomic mass is 127. The van der Waals surface area contributed by atoms with E-state index in [9.17, 15) is 0 Å². The lowest BCUT2D eigenvalue weighted by atomic mass is 9.95. The van der Waals surface area contributed by atoms with Crippen molar-refractivity contribution in [3.8, 4) is 0 Å². The smallest absolute Gasteiger partial charge is 0.191 e. The van der Waals surface area contributed by atoms with Gasteiger partial charge in [-0.05, 0) is 75.9 Å². The van der Waals surface area contributed by atoms with Crippen molar-refractivity contribution < 1.29 is 0 Å². The van der Waals surface area contributed by atoms with Gasteiger partial charge in [0.15, 0.2) is 5.96 Å². The summed E-state index contributed by atoms with van der Waals surface area (Å²) in [5.74, 6) is 4.75. The highest BCUT2D eigenvalue weighted by Gasteiger charge is 2.39. The van der Waals surface area contributed by atoms with Gasteiger partial charge in [-0.1, -0.05) is 20.3 Å². The van der Waals surface area contributed by atoms with Crippen molar-refractivity contribution in [3.63, 3.8) is 0 Å². The van der Waals surface area contributed by atoms with E-state index in [1.807, 2.05) is 6.33 Å². The molecule has 1 saturated heterocycles. The minimum Gasteiger partial charge on any atom is -0.355 e. The van der Waals surface area contributed by atoms with Crippen molar-refractivity contribution in [2.24, 2.45) is 22.7 Å². The number of fused-ring (bicyclic) bond motifs is 2. The van der Waals surface area contributed by atoms with Gasteiger partial charge in [0.2, 0.25) is 0 Å². The maximum absolute atomic E-state index is 4.96. The van der Waals surface area contributed by atoms with E-state index in [1.165, 1.54) is 58.2 Å². The molecule has 1 aliphatic heterocycles. The third-order valence-electron chi connectivity index (χ3n) is 7.50. The second-order valence-corrected chi connectivity index (χ2v) is 9.75. The fourth-order valence-electron chi connectivity index (χ4n) is 5.55. The monoisotopic (exact) mass is 543 g/mol. The summed E-state index contributed by atoms with van der Waals surface area (Å²) >= 11 is 0. The number of guanidine groups is 1. The number of nitrogens with one attached hydrogen (secondary N) is 2. The molecule has 3 atom stereocenters. The molecule has 2 N–H and O–H groups in total. The second kappa shape index (κ2) is 12.4. The number of rotatable bonds is 9. The van der Waals surface area contributed by atoms with E-state index < -0.39 is 0 Å². The standard InChI is InChI=1S/C23H41N7.HI/c1-3-22-28-26-17-30(22)14-10-25-23(27-21-16-19-5-6-20(21)15-19)24-9-4-11-29-12-7-18(2)8-13-29;/h17-21H,3-16H2,1-2H3,(H2,24,25,27);1H. The van der Waals surface area contributed by atoms with Gasteiger partial charge < -0.3 is 20.1 Å². The van der Waals surface area contributed by atoms with Gasteiger partial charge in [-0.3, -0.25) is 4.99 Å². The molecular weight excluding hydrogens is 501 g/mol. The molecule has 8 heteroatoms. The molecule has 0 radical (unpaired) electrons. The molecule has 176 valence electrons. The number of aryl methyl sites for hydroxylation is 1. The van der Waals surface area contributed by atoms with Crippen molar-refractivity contribution in [2.45, 2.75) is 77.8 Å². The van der Waals surface area contributed by atoms with Gasteiger partial charge in [0, 0.05) is 32.1 Å². The van der Waals surface area contributed by atoms with Crippen LogP contribution in [0.5, 0.6) is 0 Å². The average Bonchev–Trinajstić information content (AvgIpc) is 3.49. The van der Waals surface area contributed by atoms with Gasteiger partial charge in [0.1, 0.15) is 12.2 Å². The van der Waals surface area contributed by atoms with E-state index >= 15 is 0 Å². The largest absolute Gasteiger partial charge is 0.355 e. The lowest BCUT2D eigenvalue weighted by Crippen LogP contribution is -2.46. The van der Waals surface area contributed by atoms with Crippen molar-refractivity contribution in [1.29, 1.82) is 0 Å². The number of aromatic nitrogens is 3. The Morgan fingerprint density at radius 1 is 1.16 bits per heavy atom. The predicted molar refractivity (Wildman–Crippen MR) is 137 cm³/mol. The molecule has 0 spiro atoms. The molecule has 3 fully saturated rings.